The molecule has 0 unspecified atom stereocenters. The number of anilines is 3. The summed E-state index contributed by atoms with van der Waals surface area (Å²) in [5.74, 6) is 0.0108. The van der Waals surface area contributed by atoms with Crippen LogP contribution in [0, 0.1) is 0 Å². The zero-order chi connectivity index (χ0) is 30.5. The quantitative estimate of drug-likeness (QED) is 0.225. The summed E-state index contributed by atoms with van der Waals surface area (Å²) >= 11 is 0. The Morgan fingerprint density at radius 3 is 2.49 bits per heavy atom. The summed E-state index contributed by atoms with van der Waals surface area (Å²) in [6.45, 7) is 3.72. The van der Waals surface area contributed by atoms with Gasteiger partial charge in [-0.15, -0.1) is 0 Å². The number of aromatic nitrogens is 2. The molecule has 3 aromatic carbocycles. The van der Waals surface area contributed by atoms with E-state index in [9.17, 15) is 14.4 Å². The minimum atomic E-state index is -0.468. The molecular formula is C31H32N8O4. The standard InChI is InChI=1S/C31H32N8O4/c1-18(2)36-30-31(42)39-17-28(41)34-15-19-6-8-21(9-7-19)29(33)38-43-25-5-3-4-20(10-25)11-27(40)37-24-13-22(12-23(32)14-24)26(39)16-35-30/h3-10,12-14,16,18H,11,15,17,32H2,1-2H3,(H2,33,38)(H,34,41)(H,35,36)(H,37,40). The summed E-state index contributed by atoms with van der Waals surface area (Å²) in [7, 11) is 0. The summed E-state index contributed by atoms with van der Waals surface area (Å²) in [5.41, 5.74) is 15.6. The fraction of sp³-hybridized carbons (Fsp3) is 0.194. The zero-order valence-electron chi connectivity index (χ0n) is 23.8. The van der Waals surface area contributed by atoms with E-state index in [0.29, 0.717) is 39.5 Å². The minimum Gasteiger partial charge on any atom is -0.399 e. The number of carbonyl (C=O) groups is 2. The summed E-state index contributed by atoms with van der Waals surface area (Å²) in [6, 6.07) is 19.0. The van der Waals surface area contributed by atoms with E-state index in [1.54, 1.807) is 54.6 Å². The smallest absolute Gasteiger partial charge is 0.294 e. The van der Waals surface area contributed by atoms with Crippen LogP contribution in [0.25, 0.3) is 11.3 Å². The normalized spacial score (nSPS) is 15.1. The Hall–Kier alpha value is -5.65. The molecule has 12 heteroatoms. The van der Waals surface area contributed by atoms with Crippen molar-refractivity contribution < 1.29 is 14.4 Å². The molecule has 220 valence electrons. The van der Waals surface area contributed by atoms with E-state index in [1.165, 1.54) is 10.8 Å². The molecule has 7 N–H and O–H groups in total. The number of oxime groups is 1. The number of amides is 2. The highest BCUT2D eigenvalue weighted by molar-refractivity contribution is 5.97. The number of nitrogens with one attached hydrogen (secondary N) is 3. The van der Waals surface area contributed by atoms with E-state index in [1.807, 2.05) is 26.0 Å². The van der Waals surface area contributed by atoms with Crippen molar-refractivity contribution in [2.75, 3.05) is 16.4 Å². The van der Waals surface area contributed by atoms with Gasteiger partial charge >= 0.3 is 0 Å². The molecule has 2 aliphatic heterocycles. The second-order valence-corrected chi connectivity index (χ2v) is 10.4. The molecule has 4 aromatic rings. The molecule has 43 heavy (non-hydrogen) atoms. The first-order valence-electron chi connectivity index (χ1n) is 13.7. The molecule has 0 atom stereocenters. The average molecular weight is 581 g/mol. The monoisotopic (exact) mass is 580 g/mol. The Kier molecular flexibility index (Phi) is 8.37. The predicted octanol–water partition coefficient (Wildman–Crippen LogP) is 2.82. The lowest BCUT2D eigenvalue weighted by atomic mass is 10.1. The maximum Gasteiger partial charge on any atom is 0.294 e. The predicted molar refractivity (Wildman–Crippen MR) is 166 cm³/mol. The number of fused-ring (bicyclic) bond motifs is 8. The Balaban J connectivity index is 1.56. The number of hydrogen-bond acceptors (Lipinski definition) is 9. The van der Waals surface area contributed by atoms with Gasteiger partial charge in [0.15, 0.2) is 17.4 Å². The summed E-state index contributed by atoms with van der Waals surface area (Å²) in [5, 5.41) is 12.8. The third kappa shape index (κ3) is 7.17. The lowest BCUT2D eigenvalue weighted by molar-refractivity contribution is -0.121. The van der Waals surface area contributed by atoms with Gasteiger partial charge in [0.1, 0.15) is 6.54 Å². The number of amidine groups is 1. The van der Waals surface area contributed by atoms with Gasteiger partial charge in [0.2, 0.25) is 11.8 Å². The molecule has 0 radical (unpaired) electrons. The van der Waals surface area contributed by atoms with Gasteiger partial charge in [0.05, 0.1) is 18.3 Å². The highest BCUT2D eigenvalue weighted by Gasteiger charge is 2.17. The van der Waals surface area contributed by atoms with E-state index in [0.717, 1.165) is 5.56 Å². The molecule has 2 aliphatic rings. The van der Waals surface area contributed by atoms with Gasteiger partial charge in [0, 0.05) is 35.1 Å². The van der Waals surface area contributed by atoms with E-state index in [-0.39, 0.29) is 49.0 Å². The topological polar surface area (TPSA) is 179 Å². The molecule has 2 amide bonds. The number of benzene rings is 3. The second kappa shape index (κ2) is 12.5. The van der Waals surface area contributed by atoms with Crippen LogP contribution in [0.3, 0.4) is 0 Å². The molecule has 6 bridgehead atoms. The third-order valence-corrected chi connectivity index (χ3v) is 6.57. The van der Waals surface area contributed by atoms with Crippen LogP contribution in [0.2, 0.25) is 0 Å². The van der Waals surface area contributed by atoms with Crippen LogP contribution in [-0.4, -0.2) is 33.2 Å². The van der Waals surface area contributed by atoms with Crippen molar-refractivity contribution in [2.24, 2.45) is 10.9 Å². The summed E-state index contributed by atoms with van der Waals surface area (Å²) < 4.78 is 1.34. The van der Waals surface area contributed by atoms with Gasteiger partial charge < -0.3 is 32.3 Å². The van der Waals surface area contributed by atoms with Crippen LogP contribution in [0.4, 0.5) is 17.2 Å². The van der Waals surface area contributed by atoms with Crippen molar-refractivity contribution in [3.63, 3.8) is 0 Å². The van der Waals surface area contributed by atoms with Crippen molar-refractivity contribution in [3.05, 3.63) is 100.0 Å². The Bertz CT molecular complexity index is 1760. The van der Waals surface area contributed by atoms with Crippen molar-refractivity contribution >= 4 is 34.8 Å². The van der Waals surface area contributed by atoms with Gasteiger partial charge in [-0.05, 0) is 55.3 Å². The fourth-order valence-corrected chi connectivity index (χ4v) is 4.57. The number of nitrogens with two attached hydrogens (primary N) is 2. The van der Waals surface area contributed by atoms with E-state index >= 15 is 0 Å². The first-order valence-corrected chi connectivity index (χ1v) is 13.7. The van der Waals surface area contributed by atoms with Crippen LogP contribution in [0.15, 0.2) is 82.9 Å². The van der Waals surface area contributed by atoms with Crippen LogP contribution >= 0.6 is 0 Å². The number of hydrogen-bond donors (Lipinski definition) is 5. The van der Waals surface area contributed by atoms with E-state index in [4.69, 9.17) is 16.3 Å². The molecule has 3 heterocycles. The highest BCUT2D eigenvalue weighted by Crippen LogP contribution is 2.26. The minimum absolute atomic E-state index is 0.0456. The lowest BCUT2D eigenvalue weighted by Gasteiger charge is -2.17. The number of carbonyl (C=O) groups excluding carboxylic acids is 2. The molecule has 0 saturated heterocycles. The fourth-order valence-electron chi connectivity index (χ4n) is 4.57. The van der Waals surface area contributed by atoms with E-state index in [2.05, 4.69) is 26.1 Å². The SMILES string of the molecule is CC(C)Nc1ncc2n(c1=O)CC(=O)NCc1ccc(cc1)/C(N)=N\Oc1cccc(c1)CC(=O)Nc1cc(N)cc-2c1. The summed E-state index contributed by atoms with van der Waals surface area (Å²) in [4.78, 5) is 49.5. The summed E-state index contributed by atoms with van der Waals surface area (Å²) in [6.07, 6.45) is 1.55. The Morgan fingerprint density at radius 1 is 0.930 bits per heavy atom. The molecule has 0 spiro atoms. The number of nitrogens with zero attached hydrogens (tertiary/aromatic N) is 3. The van der Waals surface area contributed by atoms with Gasteiger partial charge in [-0.3, -0.25) is 19.0 Å². The van der Waals surface area contributed by atoms with Gasteiger partial charge in [-0.25, -0.2) is 4.98 Å². The first-order chi connectivity index (χ1) is 20.6. The molecular weight excluding hydrogens is 548 g/mol. The maximum atomic E-state index is 13.5. The second-order valence-electron chi connectivity index (χ2n) is 10.4. The van der Waals surface area contributed by atoms with Crippen molar-refractivity contribution in [2.45, 2.75) is 39.4 Å². The largest absolute Gasteiger partial charge is 0.399 e. The molecule has 1 aromatic heterocycles. The van der Waals surface area contributed by atoms with Crippen molar-refractivity contribution in [1.29, 1.82) is 0 Å². The van der Waals surface area contributed by atoms with Crippen LogP contribution < -0.4 is 37.8 Å². The van der Waals surface area contributed by atoms with Gasteiger partial charge in [0.25, 0.3) is 5.56 Å². The van der Waals surface area contributed by atoms with E-state index < -0.39 is 5.56 Å². The van der Waals surface area contributed by atoms with Crippen LogP contribution in [0.1, 0.15) is 30.5 Å². The molecule has 0 aliphatic carbocycles. The Morgan fingerprint density at radius 2 is 1.72 bits per heavy atom. The number of rotatable bonds is 2. The Labute approximate surface area is 247 Å². The lowest BCUT2D eigenvalue weighted by Crippen LogP contribution is -2.35. The number of nitrogen functional groups attached to an aromatic ring is 1. The molecule has 0 fully saturated rings. The highest BCUT2D eigenvalue weighted by atomic mass is 16.6. The third-order valence-electron chi connectivity index (χ3n) is 6.57. The zero-order valence-corrected chi connectivity index (χ0v) is 23.8. The molecule has 6 rings (SSSR count). The van der Waals surface area contributed by atoms with Crippen LogP contribution in [-0.2, 0) is 29.1 Å². The molecule has 0 saturated carbocycles. The van der Waals surface area contributed by atoms with Crippen molar-refractivity contribution in [3.8, 4) is 17.0 Å². The van der Waals surface area contributed by atoms with Crippen LogP contribution in [0.5, 0.6) is 5.75 Å². The first kappa shape index (κ1) is 28.9. The average Bonchev–Trinajstić information content (AvgIpc) is 2.96. The molecule has 12 nitrogen and oxygen atoms in total. The van der Waals surface area contributed by atoms with Gasteiger partial charge in [-0.1, -0.05) is 41.6 Å². The maximum absolute atomic E-state index is 13.5. The van der Waals surface area contributed by atoms with Crippen molar-refractivity contribution in [1.82, 2.24) is 14.9 Å². The van der Waals surface area contributed by atoms with Gasteiger partial charge in [-0.2, -0.15) is 0 Å².